The van der Waals surface area contributed by atoms with Crippen LogP contribution in [0.4, 0.5) is 5.69 Å². The maximum absolute atomic E-state index is 11.5. The van der Waals surface area contributed by atoms with Crippen LogP contribution in [0.1, 0.15) is 31.2 Å². The van der Waals surface area contributed by atoms with Crippen molar-refractivity contribution in [3.05, 3.63) is 29.8 Å². The number of carbonyl (C=O) groups is 1. The van der Waals surface area contributed by atoms with Crippen LogP contribution in [-0.2, 0) is 4.79 Å². The molecule has 0 amide bonds. The van der Waals surface area contributed by atoms with Crippen molar-refractivity contribution in [2.45, 2.75) is 32.6 Å². The molecular formula is C13H16N2O. The van der Waals surface area contributed by atoms with Crippen LogP contribution in [0.3, 0.4) is 0 Å². The second-order valence-electron chi connectivity index (χ2n) is 4.17. The Morgan fingerprint density at radius 3 is 2.50 bits per heavy atom. The van der Waals surface area contributed by atoms with E-state index in [1.165, 1.54) is 5.56 Å². The molecule has 2 rings (SSSR count). The number of nitrogens with one attached hydrogen (secondary N) is 1. The van der Waals surface area contributed by atoms with E-state index >= 15 is 0 Å². The van der Waals surface area contributed by atoms with Gasteiger partial charge in [0, 0.05) is 6.42 Å². The van der Waals surface area contributed by atoms with Crippen LogP contribution in [0.2, 0.25) is 0 Å². The predicted octanol–water partition coefficient (Wildman–Crippen LogP) is 2.91. The molecule has 1 aromatic rings. The number of aryl methyl sites for hydroxylation is 1. The predicted molar refractivity (Wildman–Crippen MR) is 65.7 cm³/mol. The van der Waals surface area contributed by atoms with Crippen LogP contribution in [0.5, 0.6) is 0 Å². The maximum atomic E-state index is 11.5. The summed E-state index contributed by atoms with van der Waals surface area (Å²) in [6.45, 7) is 2.04. The van der Waals surface area contributed by atoms with E-state index in [-0.39, 0.29) is 5.78 Å². The van der Waals surface area contributed by atoms with Crippen molar-refractivity contribution in [1.29, 1.82) is 0 Å². The molecular weight excluding hydrogens is 200 g/mol. The van der Waals surface area contributed by atoms with E-state index in [2.05, 4.69) is 10.5 Å². The van der Waals surface area contributed by atoms with Crippen LogP contribution < -0.4 is 5.43 Å². The number of Topliss-reactive ketones (excluding diaryl/α,β-unsaturated/α-hetero) is 1. The van der Waals surface area contributed by atoms with Crippen molar-refractivity contribution in [3.63, 3.8) is 0 Å². The van der Waals surface area contributed by atoms with E-state index < -0.39 is 0 Å². The molecule has 16 heavy (non-hydrogen) atoms. The Hall–Kier alpha value is -1.64. The van der Waals surface area contributed by atoms with Crippen LogP contribution in [0.25, 0.3) is 0 Å². The van der Waals surface area contributed by atoms with E-state index in [1.54, 1.807) is 0 Å². The monoisotopic (exact) mass is 216 g/mol. The first-order chi connectivity index (χ1) is 7.75. The fourth-order valence-corrected chi connectivity index (χ4v) is 1.74. The van der Waals surface area contributed by atoms with Gasteiger partial charge in [-0.15, -0.1) is 0 Å². The molecule has 3 nitrogen and oxygen atoms in total. The first kappa shape index (κ1) is 10.9. The lowest BCUT2D eigenvalue weighted by atomic mass is 9.97. The molecule has 1 N–H and O–H groups in total. The minimum Gasteiger partial charge on any atom is -0.293 e. The highest BCUT2D eigenvalue weighted by Crippen LogP contribution is 2.13. The number of hydrazone groups is 1. The maximum Gasteiger partial charge on any atom is 0.178 e. The van der Waals surface area contributed by atoms with Gasteiger partial charge < -0.3 is 0 Å². The smallest absolute Gasteiger partial charge is 0.178 e. The zero-order valence-electron chi connectivity index (χ0n) is 9.49. The van der Waals surface area contributed by atoms with Gasteiger partial charge in [-0.2, -0.15) is 5.10 Å². The standard InChI is InChI=1S/C13H16N2O/c1-10-6-8-11(9-7-10)14-15-12-4-2-3-5-13(12)16/h6-9,14H,2-5H2,1H3/b15-12+. The summed E-state index contributed by atoms with van der Waals surface area (Å²) < 4.78 is 0. The molecule has 0 aromatic heterocycles. The molecule has 1 aliphatic carbocycles. The molecule has 0 atom stereocenters. The van der Waals surface area contributed by atoms with Gasteiger partial charge in [0.25, 0.3) is 0 Å². The van der Waals surface area contributed by atoms with Crippen molar-refractivity contribution in [2.75, 3.05) is 5.43 Å². The van der Waals surface area contributed by atoms with E-state index in [1.807, 2.05) is 31.2 Å². The van der Waals surface area contributed by atoms with Gasteiger partial charge in [-0.3, -0.25) is 10.2 Å². The Balaban J connectivity index is 2.02. The van der Waals surface area contributed by atoms with Crippen molar-refractivity contribution < 1.29 is 4.79 Å². The van der Waals surface area contributed by atoms with Gasteiger partial charge >= 0.3 is 0 Å². The Bertz CT molecular complexity index is 406. The van der Waals surface area contributed by atoms with Crippen molar-refractivity contribution in [3.8, 4) is 0 Å². The molecule has 0 aliphatic heterocycles. The van der Waals surface area contributed by atoms with E-state index in [4.69, 9.17) is 0 Å². The number of anilines is 1. The highest BCUT2D eigenvalue weighted by molar-refractivity contribution is 6.40. The minimum atomic E-state index is 0.186. The Morgan fingerprint density at radius 1 is 1.12 bits per heavy atom. The molecule has 0 bridgehead atoms. The number of nitrogens with zero attached hydrogens (tertiary/aromatic N) is 1. The first-order valence-corrected chi connectivity index (χ1v) is 5.68. The number of carbonyl (C=O) groups excluding carboxylic acids is 1. The quantitative estimate of drug-likeness (QED) is 0.772. The number of hydrogen-bond acceptors (Lipinski definition) is 3. The fourth-order valence-electron chi connectivity index (χ4n) is 1.74. The van der Waals surface area contributed by atoms with Gasteiger partial charge in [0.2, 0.25) is 0 Å². The fraction of sp³-hybridized carbons (Fsp3) is 0.385. The average molecular weight is 216 g/mol. The number of hydrogen-bond donors (Lipinski definition) is 1. The molecule has 0 saturated heterocycles. The van der Waals surface area contributed by atoms with Crippen molar-refractivity contribution >= 4 is 17.2 Å². The minimum absolute atomic E-state index is 0.186. The summed E-state index contributed by atoms with van der Waals surface area (Å²) in [6.07, 6.45) is 3.52. The molecule has 1 aromatic carbocycles. The second-order valence-corrected chi connectivity index (χ2v) is 4.17. The number of ketones is 1. The van der Waals surface area contributed by atoms with E-state index in [9.17, 15) is 4.79 Å². The summed E-state index contributed by atoms with van der Waals surface area (Å²) in [5, 5.41) is 4.18. The van der Waals surface area contributed by atoms with Crippen LogP contribution in [-0.4, -0.2) is 11.5 Å². The molecule has 0 heterocycles. The lowest BCUT2D eigenvalue weighted by Gasteiger charge is -2.11. The zero-order valence-corrected chi connectivity index (χ0v) is 9.49. The van der Waals surface area contributed by atoms with Crippen molar-refractivity contribution in [2.24, 2.45) is 5.10 Å². The van der Waals surface area contributed by atoms with Gasteiger partial charge in [-0.1, -0.05) is 17.7 Å². The Kier molecular flexibility index (Phi) is 3.34. The summed E-state index contributed by atoms with van der Waals surface area (Å²) in [4.78, 5) is 11.5. The number of rotatable bonds is 2. The van der Waals surface area contributed by atoms with Crippen molar-refractivity contribution in [1.82, 2.24) is 0 Å². The molecule has 3 heteroatoms. The lowest BCUT2D eigenvalue weighted by Crippen LogP contribution is -2.19. The van der Waals surface area contributed by atoms with Crippen LogP contribution >= 0.6 is 0 Å². The SMILES string of the molecule is Cc1ccc(N/N=C2\CCCCC2=O)cc1. The van der Waals surface area contributed by atoms with E-state index in [0.717, 1.165) is 24.9 Å². The topological polar surface area (TPSA) is 41.5 Å². The molecule has 0 unspecified atom stereocenters. The van der Waals surface area contributed by atoms with Gasteiger partial charge in [-0.25, -0.2) is 0 Å². The largest absolute Gasteiger partial charge is 0.293 e. The van der Waals surface area contributed by atoms with Gasteiger partial charge in [0.1, 0.15) is 5.71 Å². The summed E-state index contributed by atoms with van der Waals surface area (Å²) in [6, 6.07) is 7.97. The highest BCUT2D eigenvalue weighted by atomic mass is 16.1. The summed E-state index contributed by atoms with van der Waals surface area (Å²) in [5.41, 5.74) is 5.77. The van der Waals surface area contributed by atoms with Gasteiger partial charge in [0.05, 0.1) is 5.69 Å². The van der Waals surface area contributed by atoms with Gasteiger partial charge in [0.15, 0.2) is 5.78 Å². The third-order valence-electron chi connectivity index (χ3n) is 2.76. The molecule has 1 saturated carbocycles. The summed E-state index contributed by atoms with van der Waals surface area (Å²) in [5.74, 6) is 0.186. The highest BCUT2D eigenvalue weighted by Gasteiger charge is 2.16. The Labute approximate surface area is 95.6 Å². The molecule has 84 valence electrons. The molecule has 0 radical (unpaired) electrons. The molecule has 1 aliphatic rings. The summed E-state index contributed by atoms with van der Waals surface area (Å²) >= 11 is 0. The zero-order chi connectivity index (χ0) is 11.4. The normalized spacial score (nSPS) is 18.8. The van der Waals surface area contributed by atoms with Gasteiger partial charge in [-0.05, 0) is 38.3 Å². The van der Waals surface area contributed by atoms with Crippen LogP contribution in [0, 0.1) is 6.92 Å². The Morgan fingerprint density at radius 2 is 1.81 bits per heavy atom. The third kappa shape index (κ3) is 2.69. The van der Waals surface area contributed by atoms with E-state index in [0.29, 0.717) is 12.1 Å². The lowest BCUT2D eigenvalue weighted by molar-refractivity contribution is -0.113. The first-order valence-electron chi connectivity index (χ1n) is 5.68. The average Bonchev–Trinajstić information content (AvgIpc) is 2.30. The second kappa shape index (κ2) is 4.92. The van der Waals surface area contributed by atoms with Crippen LogP contribution in [0.15, 0.2) is 29.4 Å². The molecule has 1 fully saturated rings. The molecule has 0 spiro atoms. The summed E-state index contributed by atoms with van der Waals surface area (Å²) in [7, 11) is 0. The number of benzene rings is 1. The third-order valence-corrected chi connectivity index (χ3v) is 2.76.